The first-order chi connectivity index (χ1) is 23.2. The molecule has 0 N–H and O–H groups in total. The van der Waals surface area contributed by atoms with E-state index in [1.807, 2.05) is 66.7 Å². The predicted octanol–water partition coefficient (Wildman–Crippen LogP) is 5.49. The van der Waals surface area contributed by atoms with Crippen LogP contribution in [0.15, 0.2) is 114 Å². The summed E-state index contributed by atoms with van der Waals surface area (Å²) in [7, 11) is 0. The zero-order valence-corrected chi connectivity index (χ0v) is 26.2. The summed E-state index contributed by atoms with van der Waals surface area (Å²) in [5.74, 6) is -1.35. The Morgan fingerprint density at radius 1 is 0.812 bits per heavy atom. The number of amides is 1. The van der Waals surface area contributed by atoms with Crippen molar-refractivity contribution in [2.24, 2.45) is 0 Å². The van der Waals surface area contributed by atoms with Crippen LogP contribution in [0.25, 0.3) is 17.3 Å². The number of rotatable bonds is 6. The number of hydrogen-bond donors (Lipinski definition) is 0. The number of piperazine rings is 1. The SMILES string of the molecule is N#C/C(C(=O)N1CCN(C(c2ccccc2)c2ccccc2)CC1)=c1\s/c(=C/c2ccccc2F)c(=O)n1-c1ccccc1C(F)(F)F. The Balaban J connectivity index is 1.42. The van der Waals surface area contributed by atoms with Crippen molar-refractivity contribution in [1.29, 1.82) is 5.26 Å². The fraction of sp³-hybridized carbons (Fsp3) is 0.162. The summed E-state index contributed by atoms with van der Waals surface area (Å²) in [5, 5.41) is 10.3. The fourth-order valence-electron chi connectivity index (χ4n) is 5.92. The third-order valence-electron chi connectivity index (χ3n) is 8.20. The average molecular weight is 669 g/mol. The molecule has 242 valence electrons. The molecule has 1 amide bonds. The summed E-state index contributed by atoms with van der Waals surface area (Å²) in [5.41, 5.74) is -0.837. The Hall–Kier alpha value is -5.31. The fourth-order valence-corrected chi connectivity index (χ4v) is 7.00. The Kier molecular flexibility index (Phi) is 9.39. The van der Waals surface area contributed by atoms with E-state index >= 15 is 0 Å². The van der Waals surface area contributed by atoms with Gasteiger partial charge in [0.1, 0.15) is 16.5 Å². The van der Waals surface area contributed by atoms with Crippen molar-refractivity contribution in [3.8, 4) is 11.8 Å². The van der Waals surface area contributed by atoms with E-state index in [0.29, 0.717) is 24.4 Å². The molecule has 1 aliphatic heterocycles. The normalized spacial score (nSPS) is 15.0. The number of halogens is 4. The highest BCUT2D eigenvalue weighted by atomic mass is 32.1. The van der Waals surface area contributed by atoms with Crippen molar-refractivity contribution >= 4 is 28.9 Å². The maximum Gasteiger partial charge on any atom is 0.418 e. The van der Waals surface area contributed by atoms with Gasteiger partial charge in [-0.1, -0.05) is 91.0 Å². The average Bonchev–Trinajstić information content (AvgIpc) is 3.41. The van der Waals surface area contributed by atoms with Gasteiger partial charge in [-0.25, -0.2) is 4.39 Å². The van der Waals surface area contributed by atoms with Gasteiger partial charge in [0.15, 0.2) is 5.57 Å². The number of aromatic nitrogens is 1. The Bertz CT molecular complexity index is 2130. The maximum atomic E-state index is 14.6. The number of hydrogen-bond acceptors (Lipinski definition) is 5. The van der Waals surface area contributed by atoms with Crippen molar-refractivity contribution < 1.29 is 22.4 Å². The van der Waals surface area contributed by atoms with Gasteiger partial charge in [-0.2, -0.15) is 18.4 Å². The highest BCUT2D eigenvalue weighted by molar-refractivity contribution is 7.07. The third-order valence-corrected chi connectivity index (χ3v) is 9.29. The lowest BCUT2D eigenvalue weighted by atomic mass is 9.96. The van der Waals surface area contributed by atoms with Crippen LogP contribution in [-0.2, 0) is 11.0 Å². The molecule has 0 spiro atoms. The van der Waals surface area contributed by atoms with Crippen molar-refractivity contribution in [3.05, 3.63) is 157 Å². The van der Waals surface area contributed by atoms with E-state index in [9.17, 15) is 32.4 Å². The summed E-state index contributed by atoms with van der Waals surface area (Å²) in [6.45, 7) is 1.39. The molecular weight excluding hydrogens is 640 g/mol. The highest BCUT2D eigenvalue weighted by Gasteiger charge is 2.35. The van der Waals surface area contributed by atoms with E-state index in [4.69, 9.17) is 0 Å². The van der Waals surface area contributed by atoms with Gasteiger partial charge in [0.2, 0.25) is 0 Å². The molecule has 0 bridgehead atoms. The van der Waals surface area contributed by atoms with Crippen LogP contribution < -0.4 is 14.8 Å². The number of nitrogens with zero attached hydrogens (tertiary/aromatic N) is 4. The molecule has 1 saturated heterocycles. The zero-order chi connectivity index (χ0) is 33.8. The van der Waals surface area contributed by atoms with Crippen LogP contribution in [0, 0.1) is 17.1 Å². The topological polar surface area (TPSA) is 69.3 Å². The molecule has 0 saturated carbocycles. The van der Waals surface area contributed by atoms with E-state index in [-0.39, 0.29) is 33.9 Å². The lowest BCUT2D eigenvalue weighted by molar-refractivity contribution is -0.137. The molecule has 0 aliphatic carbocycles. The second-order valence-electron chi connectivity index (χ2n) is 11.1. The molecule has 6 nitrogen and oxygen atoms in total. The molecule has 0 atom stereocenters. The van der Waals surface area contributed by atoms with Gasteiger partial charge in [0.05, 0.1) is 21.8 Å². The molecule has 1 aromatic heterocycles. The molecule has 1 aliphatic rings. The van der Waals surface area contributed by atoms with Crippen LogP contribution in [0.2, 0.25) is 0 Å². The monoisotopic (exact) mass is 668 g/mol. The Morgan fingerprint density at radius 2 is 1.38 bits per heavy atom. The zero-order valence-electron chi connectivity index (χ0n) is 25.4. The molecule has 11 heteroatoms. The van der Waals surface area contributed by atoms with Crippen molar-refractivity contribution in [2.75, 3.05) is 26.2 Å². The first kappa shape index (κ1) is 32.6. The van der Waals surface area contributed by atoms with E-state index in [0.717, 1.165) is 27.8 Å². The van der Waals surface area contributed by atoms with Crippen LogP contribution >= 0.6 is 11.3 Å². The summed E-state index contributed by atoms with van der Waals surface area (Å²) >= 11 is 0.672. The highest BCUT2D eigenvalue weighted by Crippen LogP contribution is 2.33. The minimum absolute atomic E-state index is 0.0333. The van der Waals surface area contributed by atoms with Crippen LogP contribution in [0.4, 0.5) is 17.6 Å². The number of para-hydroxylation sites is 1. The first-order valence-electron chi connectivity index (χ1n) is 15.1. The predicted molar refractivity (Wildman–Crippen MR) is 176 cm³/mol. The molecule has 48 heavy (non-hydrogen) atoms. The molecular formula is C37H28F4N4O2S. The van der Waals surface area contributed by atoms with E-state index < -0.39 is 40.3 Å². The van der Waals surface area contributed by atoms with E-state index in [2.05, 4.69) is 4.90 Å². The maximum absolute atomic E-state index is 14.6. The number of benzene rings is 4. The molecule has 0 unspecified atom stereocenters. The summed E-state index contributed by atoms with van der Waals surface area (Å²) in [4.78, 5) is 31.5. The van der Waals surface area contributed by atoms with E-state index in [1.165, 1.54) is 41.3 Å². The van der Waals surface area contributed by atoms with Crippen molar-refractivity contribution in [2.45, 2.75) is 12.2 Å². The number of nitriles is 1. The van der Waals surface area contributed by atoms with Crippen LogP contribution in [-0.4, -0.2) is 46.5 Å². The van der Waals surface area contributed by atoms with Crippen molar-refractivity contribution in [1.82, 2.24) is 14.4 Å². The molecule has 4 aromatic carbocycles. The van der Waals surface area contributed by atoms with E-state index in [1.54, 1.807) is 6.07 Å². The minimum Gasteiger partial charge on any atom is -0.335 e. The standard InChI is InChI=1S/C37H28F4N4O2S/c38-30-17-9-7-15-27(30)23-32-35(47)45(31-18-10-8-16-29(31)37(39,40)41)36(48-32)28(24-42)34(46)44-21-19-43(20-22-44)33(25-11-3-1-4-12-25)26-13-5-2-6-14-26/h1-18,23,33H,19-22H2/b32-23+,36-28+. The number of alkyl halides is 3. The summed E-state index contributed by atoms with van der Waals surface area (Å²) in [6.07, 6.45) is -3.63. The largest absolute Gasteiger partial charge is 0.418 e. The van der Waals surface area contributed by atoms with Crippen LogP contribution in [0.3, 0.4) is 0 Å². The smallest absolute Gasteiger partial charge is 0.335 e. The Labute approximate surface area is 277 Å². The molecule has 0 radical (unpaired) electrons. The lowest BCUT2D eigenvalue weighted by Gasteiger charge is -2.39. The second-order valence-corrected chi connectivity index (χ2v) is 12.2. The number of carbonyl (C=O) groups excluding carboxylic acids is 1. The van der Waals surface area contributed by atoms with Gasteiger partial charge in [-0.15, -0.1) is 11.3 Å². The first-order valence-corrected chi connectivity index (χ1v) is 15.9. The summed E-state index contributed by atoms with van der Waals surface area (Å²) in [6, 6.07) is 31.8. The van der Waals surface area contributed by atoms with Crippen LogP contribution in [0.5, 0.6) is 0 Å². The minimum atomic E-state index is -4.84. The van der Waals surface area contributed by atoms with Gasteiger partial charge in [-0.05, 0) is 35.4 Å². The number of carbonyl (C=O) groups is 1. The number of thiazole rings is 1. The Morgan fingerprint density at radius 3 is 1.96 bits per heavy atom. The van der Waals surface area contributed by atoms with Crippen molar-refractivity contribution in [3.63, 3.8) is 0 Å². The molecule has 2 heterocycles. The van der Waals surface area contributed by atoms with Gasteiger partial charge in [0, 0.05) is 31.7 Å². The lowest BCUT2D eigenvalue weighted by Crippen LogP contribution is -2.50. The molecule has 6 rings (SSSR count). The van der Waals surface area contributed by atoms with Crippen LogP contribution in [0.1, 0.15) is 28.3 Å². The molecule has 1 fully saturated rings. The summed E-state index contributed by atoms with van der Waals surface area (Å²) < 4.78 is 57.4. The molecule has 5 aromatic rings. The van der Waals surface area contributed by atoms with Gasteiger partial charge in [-0.3, -0.25) is 19.1 Å². The van der Waals surface area contributed by atoms with Gasteiger partial charge < -0.3 is 4.90 Å². The van der Waals surface area contributed by atoms with Gasteiger partial charge >= 0.3 is 6.18 Å². The second kappa shape index (κ2) is 13.8. The van der Waals surface area contributed by atoms with Gasteiger partial charge in [0.25, 0.3) is 11.5 Å². The third kappa shape index (κ3) is 6.58. The quantitative estimate of drug-likeness (QED) is 0.225.